The molecule has 0 unspecified atom stereocenters. The van der Waals surface area contributed by atoms with Crippen LogP contribution in [0.1, 0.15) is 21.5 Å². The molecule has 132 valence electrons. The Morgan fingerprint density at radius 1 is 1.08 bits per heavy atom. The standard InChI is InChI=1S/C17H14ClF3N2O2/c18-13-4-2-1-3-11(13)9-14(15(22)24)23-16(25)10-5-7-12(8-6-10)17(19,20)21/h1-8,14H,9H2,(H2,22,24)(H,23,25)/t14-/m0/s1. The predicted octanol–water partition coefficient (Wildman–Crippen LogP) is 3.19. The Kier molecular flexibility index (Phi) is 5.69. The van der Waals surface area contributed by atoms with Crippen molar-refractivity contribution < 1.29 is 22.8 Å². The molecule has 2 aromatic carbocycles. The quantitative estimate of drug-likeness (QED) is 0.848. The monoisotopic (exact) mass is 370 g/mol. The zero-order chi connectivity index (χ0) is 18.6. The minimum Gasteiger partial charge on any atom is -0.368 e. The molecule has 0 heterocycles. The molecule has 8 heteroatoms. The van der Waals surface area contributed by atoms with Gasteiger partial charge in [-0.3, -0.25) is 9.59 Å². The first-order valence-corrected chi connectivity index (χ1v) is 7.57. The fourth-order valence-corrected chi connectivity index (χ4v) is 2.37. The molecule has 4 nitrogen and oxygen atoms in total. The second-order valence-corrected chi connectivity index (χ2v) is 5.71. The van der Waals surface area contributed by atoms with Crippen LogP contribution in [0.5, 0.6) is 0 Å². The molecule has 2 aromatic rings. The summed E-state index contributed by atoms with van der Waals surface area (Å²) in [5.74, 6) is -1.48. The molecular weight excluding hydrogens is 357 g/mol. The molecule has 0 aliphatic heterocycles. The molecule has 0 fully saturated rings. The molecule has 0 aromatic heterocycles. The third-order valence-corrected chi connectivity index (χ3v) is 3.87. The summed E-state index contributed by atoms with van der Waals surface area (Å²) in [6.45, 7) is 0. The van der Waals surface area contributed by atoms with Crippen LogP contribution in [-0.4, -0.2) is 17.9 Å². The van der Waals surface area contributed by atoms with Gasteiger partial charge in [-0.1, -0.05) is 29.8 Å². The van der Waals surface area contributed by atoms with E-state index in [4.69, 9.17) is 17.3 Å². The first-order valence-electron chi connectivity index (χ1n) is 7.19. The number of nitrogens with two attached hydrogens (primary N) is 1. The molecule has 0 aliphatic rings. The van der Waals surface area contributed by atoms with E-state index in [9.17, 15) is 22.8 Å². The molecule has 0 aliphatic carbocycles. The maximum Gasteiger partial charge on any atom is 0.416 e. The summed E-state index contributed by atoms with van der Waals surface area (Å²) in [5, 5.41) is 2.83. The second-order valence-electron chi connectivity index (χ2n) is 5.30. The molecule has 0 saturated heterocycles. The van der Waals surface area contributed by atoms with Crippen LogP contribution in [0.25, 0.3) is 0 Å². The maximum atomic E-state index is 12.5. The van der Waals surface area contributed by atoms with Crippen molar-refractivity contribution >= 4 is 23.4 Å². The van der Waals surface area contributed by atoms with Crippen molar-refractivity contribution in [2.24, 2.45) is 5.73 Å². The number of primary amides is 1. The minimum absolute atomic E-state index is 0.0154. The Labute approximate surface area is 146 Å². The van der Waals surface area contributed by atoms with Gasteiger partial charge in [0.25, 0.3) is 5.91 Å². The van der Waals surface area contributed by atoms with Gasteiger partial charge in [-0.25, -0.2) is 0 Å². The molecule has 0 spiro atoms. The van der Waals surface area contributed by atoms with Gasteiger partial charge >= 0.3 is 6.18 Å². The van der Waals surface area contributed by atoms with Crippen molar-refractivity contribution in [1.82, 2.24) is 5.32 Å². The first kappa shape index (κ1) is 18.8. The highest BCUT2D eigenvalue weighted by Gasteiger charge is 2.30. The SMILES string of the molecule is NC(=O)[C@H](Cc1ccccc1Cl)NC(=O)c1ccc(C(F)(F)F)cc1. The van der Waals surface area contributed by atoms with Gasteiger partial charge in [0.15, 0.2) is 0 Å². The summed E-state index contributed by atoms with van der Waals surface area (Å²) in [5.41, 5.74) is 5.02. The maximum absolute atomic E-state index is 12.5. The van der Waals surface area contributed by atoms with Gasteiger partial charge in [-0.05, 0) is 35.9 Å². The molecule has 2 amide bonds. The molecule has 25 heavy (non-hydrogen) atoms. The number of alkyl halides is 3. The van der Waals surface area contributed by atoms with E-state index in [0.29, 0.717) is 10.6 Å². The largest absolute Gasteiger partial charge is 0.416 e. The number of nitrogens with one attached hydrogen (secondary N) is 1. The van der Waals surface area contributed by atoms with Gasteiger partial charge in [0.05, 0.1) is 5.56 Å². The number of hydrogen-bond donors (Lipinski definition) is 2. The highest BCUT2D eigenvalue weighted by Crippen LogP contribution is 2.29. The van der Waals surface area contributed by atoms with E-state index in [2.05, 4.69) is 5.32 Å². The Balaban J connectivity index is 2.13. The summed E-state index contributed by atoms with van der Waals surface area (Å²) in [6, 6.07) is 9.36. The Morgan fingerprint density at radius 3 is 2.20 bits per heavy atom. The van der Waals surface area contributed by atoms with E-state index in [1.165, 1.54) is 0 Å². The summed E-state index contributed by atoms with van der Waals surface area (Å²) in [6.07, 6.45) is -4.42. The van der Waals surface area contributed by atoms with E-state index in [0.717, 1.165) is 24.3 Å². The number of benzene rings is 2. The van der Waals surface area contributed by atoms with Crippen LogP contribution < -0.4 is 11.1 Å². The molecule has 1 atom stereocenters. The fourth-order valence-electron chi connectivity index (χ4n) is 2.16. The highest BCUT2D eigenvalue weighted by atomic mass is 35.5. The topological polar surface area (TPSA) is 72.2 Å². The van der Waals surface area contributed by atoms with Gasteiger partial charge in [0, 0.05) is 17.0 Å². The average molecular weight is 371 g/mol. The van der Waals surface area contributed by atoms with E-state index < -0.39 is 29.6 Å². The number of rotatable bonds is 5. The van der Waals surface area contributed by atoms with Crippen molar-refractivity contribution in [2.45, 2.75) is 18.6 Å². The van der Waals surface area contributed by atoms with E-state index in [1.54, 1.807) is 24.3 Å². The van der Waals surface area contributed by atoms with Gasteiger partial charge in [-0.15, -0.1) is 0 Å². The van der Waals surface area contributed by atoms with Crippen molar-refractivity contribution in [2.75, 3.05) is 0 Å². The number of amides is 2. The van der Waals surface area contributed by atoms with Gasteiger partial charge in [-0.2, -0.15) is 13.2 Å². The lowest BCUT2D eigenvalue weighted by Gasteiger charge is -2.16. The van der Waals surface area contributed by atoms with Crippen molar-refractivity contribution in [3.05, 3.63) is 70.2 Å². The van der Waals surface area contributed by atoms with Crippen molar-refractivity contribution in [3.63, 3.8) is 0 Å². The highest BCUT2D eigenvalue weighted by molar-refractivity contribution is 6.31. The lowest BCUT2D eigenvalue weighted by atomic mass is 10.0. The number of carbonyl (C=O) groups excluding carboxylic acids is 2. The fraction of sp³-hybridized carbons (Fsp3) is 0.176. The van der Waals surface area contributed by atoms with Crippen LogP contribution in [-0.2, 0) is 17.4 Å². The lowest BCUT2D eigenvalue weighted by Crippen LogP contribution is -2.45. The van der Waals surface area contributed by atoms with E-state index in [1.807, 2.05) is 0 Å². The lowest BCUT2D eigenvalue weighted by molar-refractivity contribution is -0.137. The number of halogens is 4. The van der Waals surface area contributed by atoms with Gasteiger partial charge in [0.2, 0.25) is 5.91 Å². The Morgan fingerprint density at radius 2 is 1.68 bits per heavy atom. The van der Waals surface area contributed by atoms with Crippen LogP contribution >= 0.6 is 11.6 Å². The van der Waals surface area contributed by atoms with E-state index in [-0.39, 0.29) is 12.0 Å². The zero-order valence-corrected chi connectivity index (χ0v) is 13.6. The zero-order valence-electron chi connectivity index (χ0n) is 12.8. The molecule has 2 rings (SSSR count). The Hall–Kier alpha value is -2.54. The summed E-state index contributed by atoms with van der Waals surface area (Å²) in [7, 11) is 0. The molecule has 0 radical (unpaired) electrons. The van der Waals surface area contributed by atoms with Crippen LogP contribution in [0, 0.1) is 0 Å². The third-order valence-electron chi connectivity index (χ3n) is 3.51. The van der Waals surface area contributed by atoms with Crippen LogP contribution in [0.3, 0.4) is 0 Å². The van der Waals surface area contributed by atoms with Gasteiger partial charge in [0.1, 0.15) is 6.04 Å². The number of carbonyl (C=O) groups is 2. The molecule has 0 saturated carbocycles. The second kappa shape index (κ2) is 7.57. The Bertz CT molecular complexity index is 776. The summed E-state index contributed by atoms with van der Waals surface area (Å²) < 4.78 is 37.6. The normalized spacial score (nSPS) is 12.5. The van der Waals surface area contributed by atoms with E-state index >= 15 is 0 Å². The number of hydrogen-bond acceptors (Lipinski definition) is 2. The van der Waals surface area contributed by atoms with Crippen molar-refractivity contribution in [1.29, 1.82) is 0 Å². The van der Waals surface area contributed by atoms with Crippen LogP contribution in [0.15, 0.2) is 48.5 Å². The van der Waals surface area contributed by atoms with Gasteiger partial charge < -0.3 is 11.1 Å². The first-order chi connectivity index (χ1) is 11.7. The molecule has 0 bridgehead atoms. The molecule has 3 N–H and O–H groups in total. The van der Waals surface area contributed by atoms with Crippen LogP contribution in [0.4, 0.5) is 13.2 Å². The van der Waals surface area contributed by atoms with Crippen molar-refractivity contribution in [3.8, 4) is 0 Å². The third kappa shape index (κ3) is 4.96. The minimum atomic E-state index is -4.49. The van der Waals surface area contributed by atoms with Crippen LogP contribution in [0.2, 0.25) is 5.02 Å². The molecular formula is C17H14ClF3N2O2. The average Bonchev–Trinajstić information content (AvgIpc) is 2.55. The summed E-state index contributed by atoms with van der Waals surface area (Å²) in [4.78, 5) is 23.7. The predicted molar refractivity (Wildman–Crippen MR) is 87.0 cm³/mol. The smallest absolute Gasteiger partial charge is 0.368 e. The summed E-state index contributed by atoms with van der Waals surface area (Å²) >= 11 is 6.02.